The van der Waals surface area contributed by atoms with Crippen LogP contribution < -0.4 is 10.1 Å². The van der Waals surface area contributed by atoms with Gasteiger partial charge in [-0.3, -0.25) is 4.79 Å². The number of carbonyl (C=O) groups excluding carboxylic acids is 2. The number of ether oxygens (including phenoxy) is 1. The average Bonchev–Trinajstić information content (AvgIpc) is 2.81. The standard InChI is InChI=1S/C23H20F5N3O3/c24-21(25)34-19-9-2-1-8-18(19)20(32)30-11-13-31(14-12-30)22(33)29-10-4-6-16-5-3-7-17(15-16)23(26,27)28/h1-3,5,7-9,15,21H,10-14H2,(H,29,33). The first kappa shape index (κ1) is 24.8. The highest BCUT2D eigenvalue weighted by molar-refractivity contribution is 5.97. The number of nitrogens with zero attached hydrogens (tertiary/aromatic N) is 2. The smallest absolute Gasteiger partial charge is 0.416 e. The number of alkyl halides is 5. The fourth-order valence-electron chi connectivity index (χ4n) is 3.28. The number of piperazine rings is 1. The summed E-state index contributed by atoms with van der Waals surface area (Å²) in [5.41, 5.74) is -0.628. The summed E-state index contributed by atoms with van der Waals surface area (Å²) in [7, 11) is 0. The molecule has 180 valence electrons. The van der Waals surface area contributed by atoms with Gasteiger partial charge in [-0.1, -0.05) is 30.0 Å². The Morgan fingerprint density at radius 2 is 1.68 bits per heavy atom. The lowest BCUT2D eigenvalue weighted by molar-refractivity contribution is -0.137. The van der Waals surface area contributed by atoms with E-state index in [1.165, 1.54) is 46.2 Å². The molecule has 0 unspecified atom stereocenters. The lowest BCUT2D eigenvalue weighted by Gasteiger charge is -2.34. The third-order valence-corrected chi connectivity index (χ3v) is 4.94. The predicted molar refractivity (Wildman–Crippen MR) is 112 cm³/mol. The summed E-state index contributed by atoms with van der Waals surface area (Å²) in [6.45, 7) is -2.36. The van der Waals surface area contributed by atoms with Crippen molar-refractivity contribution in [3.05, 3.63) is 65.2 Å². The molecule has 2 aromatic rings. The zero-order valence-corrected chi connectivity index (χ0v) is 17.7. The molecule has 1 N–H and O–H groups in total. The lowest BCUT2D eigenvalue weighted by Crippen LogP contribution is -2.53. The number of hydrogen-bond acceptors (Lipinski definition) is 3. The third-order valence-electron chi connectivity index (χ3n) is 4.94. The van der Waals surface area contributed by atoms with Crippen LogP contribution in [0, 0.1) is 11.8 Å². The van der Waals surface area contributed by atoms with Gasteiger partial charge in [0.25, 0.3) is 5.91 Å². The van der Waals surface area contributed by atoms with Gasteiger partial charge in [0, 0.05) is 31.7 Å². The first-order chi connectivity index (χ1) is 16.1. The summed E-state index contributed by atoms with van der Waals surface area (Å²) in [5.74, 6) is 4.47. The Morgan fingerprint density at radius 3 is 2.35 bits per heavy atom. The summed E-state index contributed by atoms with van der Waals surface area (Å²) in [6, 6.07) is 9.81. The van der Waals surface area contributed by atoms with E-state index in [9.17, 15) is 31.5 Å². The number of nitrogens with one attached hydrogen (secondary N) is 1. The van der Waals surface area contributed by atoms with Crippen LogP contribution in [0.3, 0.4) is 0 Å². The first-order valence-electron chi connectivity index (χ1n) is 10.2. The fraction of sp³-hybridized carbons (Fsp3) is 0.304. The quantitative estimate of drug-likeness (QED) is 0.534. The number of halogens is 5. The molecule has 34 heavy (non-hydrogen) atoms. The van der Waals surface area contributed by atoms with Gasteiger partial charge in [0.15, 0.2) is 0 Å². The number of benzene rings is 2. The van der Waals surface area contributed by atoms with E-state index in [4.69, 9.17) is 0 Å². The Morgan fingerprint density at radius 1 is 1.00 bits per heavy atom. The molecular formula is C23H20F5N3O3. The van der Waals surface area contributed by atoms with Crippen molar-refractivity contribution in [3.63, 3.8) is 0 Å². The zero-order valence-electron chi connectivity index (χ0n) is 17.7. The highest BCUT2D eigenvalue weighted by Crippen LogP contribution is 2.29. The number of rotatable bonds is 4. The highest BCUT2D eigenvalue weighted by atomic mass is 19.4. The number of para-hydroxylation sites is 1. The Hall–Kier alpha value is -3.81. The highest BCUT2D eigenvalue weighted by Gasteiger charge is 2.30. The van der Waals surface area contributed by atoms with E-state index in [2.05, 4.69) is 21.9 Å². The minimum atomic E-state index is -4.46. The van der Waals surface area contributed by atoms with E-state index < -0.39 is 30.3 Å². The minimum Gasteiger partial charge on any atom is -0.434 e. The van der Waals surface area contributed by atoms with Crippen LogP contribution >= 0.6 is 0 Å². The van der Waals surface area contributed by atoms with Gasteiger partial charge in [-0.05, 0) is 30.3 Å². The van der Waals surface area contributed by atoms with Crippen molar-refractivity contribution in [3.8, 4) is 17.6 Å². The van der Waals surface area contributed by atoms with Gasteiger partial charge in [-0.25, -0.2) is 4.79 Å². The SMILES string of the molecule is O=C(NCC#Cc1cccc(C(F)(F)F)c1)N1CCN(C(=O)c2ccccc2OC(F)F)CC1. The number of urea groups is 1. The maximum absolute atomic E-state index is 12.7. The summed E-state index contributed by atoms with van der Waals surface area (Å²) < 4.78 is 67.8. The summed E-state index contributed by atoms with van der Waals surface area (Å²) in [6.07, 6.45) is -4.46. The molecule has 1 aliphatic rings. The van der Waals surface area contributed by atoms with Crippen molar-refractivity contribution in [2.24, 2.45) is 0 Å². The molecule has 1 fully saturated rings. The predicted octanol–water partition coefficient (Wildman–Crippen LogP) is 3.83. The molecule has 0 atom stereocenters. The summed E-state index contributed by atoms with van der Waals surface area (Å²) in [5, 5.41) is 2.56. The number of amides is 3. The second kappa shape index (κ2) is 10.9. The molecule has 0 spiro atoms. The largest absolute Gasteiger partial charge is 0.434 e. The molecule has 2 aromatic carbocycles. The molecule has 0 radical (unpaired) electrons. The summed E-state index contributed by atoms with van der Waals surface area (Å²) >= 11 is 0. The van der Waals surface area contributed by atoms with Crippen LogP contribution in [0.4, 0.5) is 26.7 Å². The van der Waals surface area contributed by atoms with Crippen LogP contribution in [0.15, 0.2) is 48.5 Å². The molecule has 1 aliphatic heterocycles. The van der Waals surface area contributed by atoms with Gasteiger partial charge < -0.3 is 19.9 Å². The first-order valence-corrected chi connectivity index (χ1v) is 10.2. The summed E-state index contributed by atoms with van der Waals surface area (Å²) in [4.78, 5) is 27.9. The van der Waals surface area contributed by atoms with Crippen LogP contribution in [0.1, 0.15) is 21.5 Å². The Balaban J connectivity index is 1.50. The molecule has 3 rings (SSSR count). The van der Waals surface area contributed by atoms with Crippen molar-refractivity contribution in [2.45, 2.75) is 12.8 Å². The number of carbonyl (C=O) groups is 2. The second-order valence-electron chi connectivity index (χ2n) is 7.19. The average molecular weight is 481 g/mol. The Labute approximate surface area is 192 Å². The van der Waals surface area contributed by atoms with E-state index in [0.29, 0.717) is 0 Å². The van der Waals surface area contributed by atoms with Gasteiger partial charge in [-0.15, -0.1) is 0 Å². The van der Waals surface area contributed by atoms with E-state index in [1.807, 2.05) is 0 Å². The molecule has 3 amide bonds. The molecule has 0 aromatic heterocycles. The normalized spacial score (nSPS) is 13.8. The minimum absolute atomic E-state index is 0.00516. The van der Waals surface area contributed by atoms with Crippen LogP contribution in [0.2, 0.25) is 0 Å². The third kappa shape index (κ3) is 6.60. The van der Waals surface area contributed by atoms with Crippen molar-refractivity contribution < 1.29 is 36.3 Å². The molecule has 0 aliphatic carbocycles. The molecule has 0 saturated carbocycles. The molecule has 1 saturated heterocycles. The Kier molecular flexibility index (Phi) is 7.94. The second-order valence-corrected chi connectivity index (χ2v) is 7.19. The molecule has 1 heterocycles. The van der Waals surface area contributed by atoms with Gasteiger partial charge >= 0.3 is 18.8 Å². The van der Waals surface area contributed by atoms with Crippen LogP contribution in [-0.2, 0) is 6.18 Å². The zero-order chi connectivity index (χ0) is 24.7. The van der Waals surface area contributed by atoms with E-state index in [-0.39, 0.29) is 49.6 Å². The fourth-order valence-corrected chi connectivity index (χ4v) is 3.28. The van der Waals surface area contributed by atoms with E-state index in [0.717, 1.165) is 12.1 Å². The van der Waals surface area contributed by atoms with Crippen LogP contribution in [0.25, 0.3) is 0 Å². The lowest BCUT2D eigenvalue weighted by atomic mass is 10.1. The molecule has 11 heteroatoms. The maximum Gasteiger partial charge on any atom is 0.416 e. The van der Waals surface area contributed by atoms with Crippen molar-refractivity contribution in [1.82, 2.24) is 15.1 Å². The van der Waals surface area contributed by atoms with Crippen LogP contribution in [0.5, 0.6) is 5.75 Å². The molecule has 0 bridgehead atoms. The van der Waals surface area contributed by atoms with Crippen molar-refractivity contribution in [1.29, 1.82) is 0 Å². The van der Waals surface area contributed by atoms with E-state index >= 15 is 0 Å². The van der Waals surface area contributed by atoms with Gasteiger partial charge in [0.1, 0.15) is 5.75 Å². The molecular weight excluding hydrogens is 461 g/mol. The van der Waals surface area contributed by atoms with Crippen molar-refractivity contribution >= 4 is 11.9 Å². The van der Waals surface area contributed by atoms with Crippen LogP contribution in [-0.4, -0.2) is 61.1 Å². The maximum atomic E-state index is 12.7. The number of hydrogen-bond donors (Lipinski definition) is 1. The Bertz CT molecular complexity index is 1090. The monoisotopic (exact) mass is 481 g/mol. The van der Waals surface area contributed by atoms with Gasteiger partial charge in [-0.2, -0.15) is 22.0 Å². The van der Waals surface area contributed by atoms with Gasteiger partial charge in [0.05, 0.1) is 17.7 Å². The molecule has 6 nitrogen and oxygen atoms in total. The topological polar surface area (TPSA) is 61.9 Å². The van der Waals surface area contributed by atoms with Crippen molar-refractivity contribution in [2.75, 3.05) is 32.7 Å². The van der Waals surface area contributed by atoms with Gasteiger partial charge in [0.2, 0.25) is 0 Å². The van der Waals surface area contributed by atoms with E-state index in [1.54, 1.807) is 0 Å².